The van der Waals surface area contributed by atoms with E-state index in [4.69, 9.17) is 21.6 Å². The molecule has 1 aliphatic rings. The maximum absolute atomic E-state index is 11.3. The molecule has 2 unspecified atom stereocenters. The van der Waals surface area contributed by atoms with Gasteiger partial charge in [-0.2, -0.15) is 5.26 Å². The highest BCUT2D eigenvalue weighted by Gasteiger charge is 2.37. The van der Waals surface area contributed by atoms with E-state index in [1.165, 1.54) is 6.07 Å². The van der Waals surface area contributed by atoms with Crippen LogP contribution >= 0.6 is 11.6 Å². The van der Waals surface area contributed by atoms with Crippen molar-refractivity contribution in [1.29, 1.82) is 5.26 Å². The average Bonchev–Trinajstić information content (AvgIpc) is 2.82. The Morgan fingerprint density at radius 3 is 2.95 bits per heavy atom. The summed E-state index contributed by atoms with van der Waals surface area (Å²) < 4.78 is 5.23. The Balaban J connectivity index is 2.39. The number of nitrogens with zero attached hydrogens (tertiary/aromatic N) is 2. The lowest BCUT2D eigenvalue weighted by Gasteiger charge is -2.24. The predicted octanol–water partition coefficient (Wildman–Crippen LogP) is 1.89. The summed E-state index contributed by atoms with van der Waals surface area (Å²) in [7, 11) is 1.56. The standard InChI is InChI=1S/C13H13ClN2O3/c1-19-10-5-12(13(17)18)16(7-10)11-3-2-9(14)4-8(11)6-15/h2-4,10,12H,5,7H2,1H3,(H,17,18). The molecule has 0 aliphatic carbocycles. The van der Waals surface area contributed by atoms with Crippen LogP contribution in [0.4, 0.5) is 5.69 Å². The van der Waals surface area contributed by atoms with Crippen LogP contribution in [0.3, 0.4) is 0 Å². The number of methoxy groups -OCH3 is 1. The van der Waals surface area contributed by atoms with E-state index >= 15 is 0 Å². The summed E-state index contributed by atoms with van der Waals surface area (Å²) in [5.74, 6) is -0.918. The van der Waals surface area contributed by atoms with Crippen molar-refractivity contribution >= 4 is 23.3 Å². The highest BCUT2D eigenvalue weighted by molar-refractivity contribution is 6.30. The Hall–Kier alpha value is -1.77. The molecule has 0 amide bonds. The fourth-order valence-corrected chi connectivity index (χ4v) is 2.49. The van der Waals surface area contributed by atoms with Crippen molar-refractivity contribution in [2.45, 2.75) is 18.6 Å². The van der Waals surface area contributed by atoms with Gasteiger partial charge in [-0.15, -0.1) is 0 Å². The second kappa shape index (κ2) is 5.47. The molecule has 2 atom stereocenters. The van der Waals surface area contributed by atoms with Gasteiger partial charge in [0.05, 0.1) is 17.4 Å². The number of halogens is 1. The van der Waals surface area contributed by atoms with Gasteiger partial charge in [-0.1, -0.05) is 11.6 Å². The number of carboxylic acids is 1. The monoisotopic (exact) mass is 280 g/mol. The molecule has 0 radical (unpaired) electrons. The second-order valence-electron chi connectivity index (χ2n) is 4.37. The molecule has 6 heteroatoms. The Kier molecular flexibility index (Phi) is 3.93. The largest absolute Gasteiger partial charge is 0.480 e. The third-order valence-corrected chi connectivity index (χ3v) is 3.50. The number of aliphatic carboxylic acids is 1. The maximum atomic E-state index is 11.3. The fourth-order valence-electron chi connectivity index (χ4n) is 2.32. The minimum Gasteiger partial charge on any atom is -0.480 e. The van der Waals surface area contributed by atoms with Crippen molar-refractivity contribution in [2.24, 2.45) is 0 Å². The number of ether oxygens (including phenoxy) is 1. The van der Waals surface area contributed by atoms with Gasteiger partial charge in [0.1, 0.15) is 12.1 Å². The lowest BCUT2D eigenvalue weighted by molar-refractivity contribution is -0.138. The van der Waals surface area contributed by atoms with E-state index in [1.807, 2.05) is 6.07 Å². The van der Waals surface area contributed by atoms with Crippen molar-refractivity contribution in [3.63, 3.8) is 0 Å². The molecule has 0 saturated carbocycles. The van der Waals surface area contributed by atoms with Gasteiger partial charge in [-0.25, -0.2) is 4.79 Å². The molecule has 1 aromatic rings. The van der Waals surface area contributed by atoms with E-state index in [0.29, 0.717) is 29.2 Å². The first-order chi connectivity index (χ1) is 9.06. The van der Waals surface area contributed by atoms with Crippen LogP contribution in [-0.2, 0) is 9.53 Å². The number of benzene rings is 1. The van der Waals surface area contributed by atoms with E-state index in [0.717, 1.165) is 0 Å². The number of hydrogen-bond donors (Lipinski definition) is 1. The van der Waals surface area contributed by atoms with E-state index in [2.05, 4.69) is 0 Å². The summed E-state index contributed by atoms with van der Waals surface area (Å²) in [6.07, 6.45) is 0.252. The summed E-state index contributed by atoms with van der Waals surface area (Å²) >= 11 is 5.85. The summed E-state index contributed by atoms with van der Waals surface area (Å²) in [5, 5.41) is 18.9. The minimum absolute atomic E-state index is 0.150. The zero-order valence-electron chi connectivity index (χ0n) is 10.3. The van der Waals surface area contributed by atoms with Crippen LogP contribution in [0.15, 0.2) is 18.2 Å². The zero-order valence-corrected chi connectivity index (χ0v) is 11.1. The summed E-state index contributed by atoms with van der Waals surface area (Å²) in [5.41, 5.74) is 0.953. The van der Waals surface area contributed by atoms with Crippen LogP contribution < -0.4 is 4.90 Å². The molecule has 0 spiro atoms. The second-order valence-corrected chi connectivity index (χ2v) is 4.81. The first-order valence-electron chi connectivity index (χ1n) is 5.78. The van der Waals surface area contributed by atoms with Crippen molar-refractivity contribution < 1.29 is 14.6 Å². The summed E-state index contributed by atoms with van der Waals surface area (Å²) in [6, 6.07) is 6.23. The van der Waals surface area contributed by atoms with Crippen LogP contribution in [0.25, 0.3) is 0 Å². The summed E-state index contributed by atoms with van der Waals surface area (Å²) in [4.78, 5) is 13.0. The molecular formula is C13H13ClN2O3. The molecule has 1 aromatic carbocycles. The van der Waals surface area contributed by atoms with Crippen LogP contribution in [0, 0.1) is 11.3 Å². The van der Waals surface area contributed by atoms with Gasteiger partial charge in [0.25, 0.3) is 0 Å². The topological polar surface area (TPSA) is 73.6 Å². The Labute approximate surface area is 116 Å². The highest BCUT2D eigenvalue weighted by atomic mass is 35.5. The lowest BCUT2D eigenvalue weighted by Crippen LogP contribution is -2.36. The van der Waals surface area contributed by atoms with Crippen LogP contribution in [-0.4, -0.2) is 36.9 Å². The number of carboxylic acid groups (broad SMARTS) is 1. The lowest BCUT2D eigenvalue weighted by atomic mass is 10.1. The molecule has 1 saturated heterocycles. The molecule has 0 aromatic heterocycles. The zero-order chi connectivity index (χ0) is 14.0. The maximum Gasteiger partial charge on any atom is 0.326 e. The third-order valence-electron chi connectivity index (χ3n) is 3.27. The molecule has 100 valence electrons. The van der Waals surface area contributed by atoms with E-state index in [9.17, 15) is 9.90 Å². The molecule has 1 fully saturated rings. The first kappa shape index (κ1) is 13.7. The SMILES string of the molecule is COC1CC(C(=O)O)N(c2ccc(Cl)cc2C#N)C1. The third kappa shape index (κ3) is 2.65. The van der Waals surface area contributed by atoms with Gasteiger partial charge >= 0.3 is 5.97 Å². The van der Waals surface area contributed by atoms with Gasteiger partial charge in [-0.05, 0) is 18.2 Å². The van der Waals surface area contributed by atoms with Crippen LogP contribution in [0.1, 0.15) is 12.0 Å². The number of carbonyl (C=O) groups is 1. The molecule has 2 rings (SSSR count). The molecule has 5 nitrogen and oxygen atoms in total. The van der Waals surface area contributed by atoms with Gasteiger partial charge in [0.2, 0.25) is 0 Å². The van der Waals surface area contributed by atoms with Gasteiger partial charge in [-0.3, -0.25) is 0 Å². The quantitative estimate of drug-likeness (QED) is 0.915. The normalized spacial score (nSPS) is 22.3. The van der Waals surface area contributed by atoms with Crippen LogP contribution in [0.5, 0.6) is 0 Å². The van der Waals surface area contributed by atoms with Crippen molar-refractivity contribution in [3.05, 3.63) is 28.8 Å². The van der Waals surface area contributed by atoms with E-state index < -0.39 is 12.0 Å². The first-order valence-corrected chi connectivity index (χ1v) is 6.16. The highest BCUT2D eigenvalue weighted by Crippen LogP contribution is 2.31. The minimum atomic E-state index is -0.918. The predicted molar refractivity (Wildman–Crippen MR) is 70.4 cm³/mol. The van der Waals surface area contributed by atoms with Crippen LogP contribution in [0.2, 0.25) is 5.02 Å². The van der Waals surface area contributed by atoms with Gasteiger partial charge in [0, 0.05) is 25.1 Å². The van der Waals surface area contributed by atoms with Crippen molar-refractivity contribution in [3.8, 4) is 6.07 Å². The van der Waals surface area contributed by atoms with Gasteiger partial charge in [0.15, 0.2) is 0 Å². The molecule has 1 heterocycles. The average molecular weight is 281 g/mol. The molecule has 1 N–H and O–H groups in total. The van der Waals surface area contributed by atoms with Gasteiger partial charge < -0.3 is 14.7 Å². The molecular weight excluding hydrogens is 268 g/mol. The number of rotatable bonds is 3. The molecule has 0 bridgehead atoms. The Morgan fingerprint density at radius 2 is 2.37 bits per heavy atom. The number of nitriles is 1. The number of anilines is 1. The Morgan fingerprint density at radius 1 is 1.63 bits per heavy atom. The van der Waals surface area contributed by atoms with Crippen molar-refractivity contribution in [1.82, 2.24) is 0 Å². The molecule has 19 heavy (non-hydrogen) atoms. The molecule has 1 aliphatic heterocycles. The summed E-state index contributed by atoms with van der Waals surface area (Å²) in [6.45, 7) is 0.448. The van der Waals surface area contributed by atoms with E-state index in [1.54, 1.807) is 24.1 Å². The Bertz CT molecular complexity index is 541. The fraction of sp³-hybridized carbons (Fsp3) is 0.385. The smallest absolute Gasteiger partial charge is 0.326 e. The number of hydrogen-bond acceptors (Lipinski definition) is 4. The van der Waals surface area contributed by atoms with Crippen molar-refractivity contribution in [2.75, 3.05) is 18.6 Å². The van der Waals surface area contributed by atoms with E-state index in [-0.39, 0.29) is 6.10 Å².